The minimum absolute atomic E-state index is 0.506. The number of hydrogen-bond donors (Lipinski definition) is 1. The van der Waals surface area contributed by atoms with Crippen LogP contribution in [0.2, 0.25) is 0 Å². The second kappa shape index (κ2) is 7.74. The van der Waals surface area contributed by atoms with Crippen molar-refractivity contribution < 1.29 is 9.47 Å². The van der Waals surface area contributed by atoms with Crippen molar-refractivity contribution in [3.05, 3.63) is 6.33 Å². The van der Waals surface area contributed by atoms with E-state index in [0.29, 0.717) is 30.0 Å². The van der Waals surface area contributed by atoms with Crippen molar-refractivity contribution in [1.82, 2.24) is 9.97 Å². The third kappa shape index (κ3) is 4.05. The fourth-order valence-electron chi connectivity index (χ4n) is 1.74. The molecule has 5 heteroatoms. The van der Waals surface area contributed by atoms with Crippen LogP contribution in [0.15, 0.2) is 6.33 Å². The number of anilines is 1. The van der Waals surface area contributed by atoms with Crippen LogP contribution in [0, 0.1) is 5.92 Å². The topological polar surface area (TPSA) is 56.3 Å². The molecule has 0 aliphatic carbocycles. The fourth-order valence-corrected chi connectivity index (χ4v) is 1.74. The third-order valence-corrected chi connectivity index (χ3v) is 2.61. The number of nitrogens with one attached hydrogen (secondary N) is 1. The van der Waals surface area contributed by atoms with E-state index in [4.69, 9.17) is 9.47 Å². The lowest BCUT2D eigenvalue weighted by atomic mass is 10.1. The van der Waals surface area contributed by atoms with Crippen LogP contribution in [0.3, 0.4) is 0 Å². The van der Waals surface area contributed by atoms with Gasteiger partial charge in [0.15, 0.2) is 5.82 Å². The highest BCUT2D eigenvalue weighted by Crippen LogP contribution is 2.31. The highest BCUT2D eigenvalue weighted by Gasteiger charge is 2.13. The van der Waals surface area contributed by atoms with E-state index in [-0.39, 0.29) is 0 Å². The van der Waals surface area contributed by atoms with Gasteiger partial charge in [0.2, 0.25) is 5.75 Å². The largest absolute Gasteiger partial charge is 0.489 e. The van der Waals surface area contributed by atoms with Gasteiger partial charge in [0.1, 0.15) is 6.33 Å². The summed E-state index contributed by atoms with van der Waals surface area (Å²) in [5, 5.41) is 3.12. The maximum Gasteiger partial charge on any atom is 0.262 e. The van der Waals surface area contributed by atoms with Crippen LogP contribution in [0.25, 0.3) is 0 Å². The van der Waals surface area contributed by atoms with E-state index < -0.39 is 0 Å². The average molecular weight is 253 g/mol. The van der Waals surface area contributed by atoms with E-state index in [1.807, 2.05) is 6.92 Å². The molecule has 1 aromatic heterocycles. The van der Waals surface area contributed by atoms with Crippen LogP contribution in [0.1, 0.15) is 33.6 Å². The van der Waals surface area contributed by atoms with Crippen LogP contribution in [-0.2, 0) is 0 Å². The smallest absolute Gasteiger partial charge is 0.262 e. The lowest BCUT2D eigenvalue weighted by molar-refractivity contribution is 0.231. The number of ether oxygens (including phenoxy) is 2. The second-order valence-corrected chi connectivity index (χ2v) is 4.30. The molecule has 0 aliphatic rings. The van der Waals surface area contributed by atoms with Crippen molar-refractivity contribution in [2.75, 3.05) is 25.6 Å². The minimum atomic E-state index is 0.506. The zero-order valence-corrected chi connectivity index (χ0v) is 11.7. The zero-order valence-electron chi connectivity index (χ0n) is 11.7. The SMILES string of the molecule is CCCC(C)COc1ncnc(NCC)c1OC. The summed E-state index contributed by atoms with van der Waals surface area (Å²) in [7, 11) is 1.60. The highest BCUT2D eigenvalue weighted by molar-refractivity contribution is 5.54. The lowest BCUT2D eigenvalue weighted by Crippen LogP contribution is -2.11. The Labute approximate surface area is 109 Å². The van der Waals surface area contributed by atoms with Gasteiger partial charge >= 0.3 is 0 Å². The van der Waals surface area contributed by atoms with E-state index in [2.05, 4.69) is 29.1 Å². The molecule has 0 saturated carbocycles. The molecule has 0 aliphatic heterocycles. The van der Waals surface area contributed by atoms with Crippen molar-refractivity contribution in [3.8, 4) is 11.6 Å². The first-order chi connectivity index (χ1) is 8.72. The Kier molecular flexibility index (Phi) is 6.25. The van der Waals surface area contributed by atoms with Gasteiger partial charge in [0.25, 0.3) is 5.88 Å². The molecular weight excluding hydrogens is 230 g/mol. The molecule has 0 radical (unpaired) electrons. The van der Waals surface area contributed by atoms with E-state index in [9.17, 15) is 0 Å². The fraction of sp³-hybridized carbons (Fsp3) is 0.692. The number of hydrogen-bond acceptors (Lipinski definition) is 5. The summed E-state index contributed by atoms with van der Waals surface area (Å²) in [5.41, 5.74) is 0. The third-order valence-electron chi connectivity index (χ3n) is 2.61. The summed E-state index contributed by atoms with van der Waals surface area (Å²) in [6.07, 6.45) is 3.79. The van der Waals surface area contributed by atoms with Crippen molar-refractivity contribution in [3.63, 3.8) is 0 Å². The predicted octanol–water partition coefficient (Wildman–Crippen LogP) is 2.73. The molecule has 5 nitrogen and oxygen atoms in total. The molecule has 1 rings (SSSR count). The van der Waals surface area contributed by atoms with Crippen LogP contribution >= 0.6 is 0 Å². The molecule has 0 amide bonds. The highest BCUT2D eigenvalue weighted by atomic mass is 16.5. The summed E-state index contributed by atoms with van der Waals surface area (Å²) in [4.78, 5) is 8.26. The number of rotatable bonds is 8. The van der Waals surface area contributed by atoms with Gasteiger partial charge in [-0.1, -0.05) is 20.3 Å². The van der Waals surface area contributed by atoms with Gasteiger partial charge in [0.05, 0.1) is 13.7 Å². The molecule has 1 heterocycles. The van der Waals surface area contributed by atoms with E-state index in [1.54, 1.807) is 7.11 Å². The van der Waals surface area contributed by atoms with Gasteiger partial charge in [-0.05, 0) is 19.3 Å². The molecule has 1 aromatic rings. The molecule has 1 N–H and O–H groups in total. The number of methoxy groups -OCH3 is 1. The molecule has 1 atom stereocenters. The van der Waals surface area contributed by atoms with Gasteiger partial charge in [-0.2, -0.15) is 4.98 Å². The van der Waals surface area contributed by atoms with Gasteiger partial charge in [-0.25, -0.2) is 4.98 Å². The predicted molar refractivity (Wildman–Crippen MR) is 72.3 cm³/mol. The summed E-state index contributed by atoms with van der Waals surface area (Å²) in [5.74, 6) is 2.26. The Morgan fingerprint density at radius 1 is 1.33 bits per heavy atom. The van der Waals surface area contributed by atoms with Crippen LogP contribution in [0.5, 0.6) is 11.6 Å². The van der Waals surface area contributed by atoms with Crippen LogP contribution < -0.4 is 14.8 Å². The monoisotopic (exact) mass is 253 g/mol. The van der Waals surface area contributed by atoms with Crippen molar-refractivity contribution >= 4 is 5.82 Å². The van der Waals surface area contributed by atoms with E-state index in [1.165, 1.54) is 6.33 Å². The summed E-state index contributed by atoms with van der Waals surface area (Å²) in [6, 6.07) is 0. The second-order valence-electron chi connectivity index (χ2n) is 4.30. The molecule has 0 aromatic carbocycles. The molecule has 18 heavy (non-hydrogen) atoms. The van der Waals surface area contributed by atoms with Gasteiger partial charge < -0.3 is 14.8 Å². The minimum Gasteiger partial charge on any atom is -0.489 e. The number of nitrogens with zero attached hydrogens (tertiary/aromatic N) is 2. The van der Waals surface area contributed by atoms with Crippen LogP contribution in [0.4, 0.5) is 5.82 Å². The van der Waals surface area contributed by atoms with Crippen molar-refractivity contribution in [1.29, 1.82) is 0 Å². The Balaban J connectivity index is 2.72. The summed E-state index contributed by atoms with van der Waals surface area (Å²) < 4.78 is 11.0. The number of aromatic nitrogens is 2. The quantitative estimate of drug-likeness (QED) is 0.772. The molecular formula is C13H23N3O2. The van der Waals surface area contributed by atoms with Gasteiger partial charge in [-0.15, -0.1) is 0 Å². The first-order valence-electron chi connectivity index (χ1n) is 6.48. The molecule has 0 fully saturated rings. The molecule has 102 valence electrons. The Hall–Kier alpha value is -1.52. The van der Waals surface area contributed by atoms with E-state index in [0.717, 1.165) is 19.4 Å². The maximum atomic E-state index is 5.71. The Morgan fingerprint density at radius 2 is 2.11 bits per heavy atom. The lowest BCUT2D eigenvalue weighted by Gasteiger charge is -2.15. The molecule has 0 spiro atoms. The summed E-state index contributed by atoms with van der Waals surface area (Å²) in [6.45, 7) is 7.77. The zero-order chi connectivity index (χ0) is 13.4. The molecule has 1 unspecified atom stereocenters. The van der Waals surface area contributed by atoms with Crippen molar-refractivity contribution in [2.45, 2.75) is 33.6 Å². The normalized spacial score (nSPS) is 12.0. The first kappa shape index (κ1) is 14.5. The maximum absolute atomic E-state index is 5.71. The van der Waals surface area contributed by atoms with Gasteiger partial charge in [-0.3, -0.25) is 0 Å². The van der Waals surface area contributed by atoms with Crippen LogP contribution in [-0.4, -0.2) is 30.2 Å². The molecule has 0 bridgehead atoms. The first-order valence-corrected chi connectivity index (χ1v) is 6.48. The van der Waals surface area contributed by atoms with Crippen molar-refractivity contribution in [2.24, 2.45) is 5.92 Å². The standard InChI is InChI=1S/C13H23N3O2/c1-5-7-10(3)8-18-13-11(17-4)12(14-6-2)15-9-16-13/h9-10H,5-8H2,1-4H3,(H,14,15,16). The summed E-state index contributed by atoms with van der Waals surface area (Å²) >= 11 is 0. The molecule has 0 saturated heterocycles. The Morgan fingerprint density at radius 3 is 2.72 bits per heavy atom. The van der Waals surface area contributed by atoms with Gasteiger partial charge in [0, 0.05) is 6.54 Å². The Bertz CT molecular complexity index is 358. The average Bonchev–Trinajstić information content (AvgIpc) is 2.37. The van der Waals surface area contributed by atoms with E-state index >= 15 is 0 Å².